The van der Waals surface area contributed by atoms with Gasteiger partial charge in [-0.25, -0.2) is 8.42 Å². The Labute approximate surface area is 122 Å². The first kappa shape index (κ1) is 16.7. The molecule has 0 radical (unpaired) electrons. The quantitative estimate of drug-likeness (QED) is 0.840. The van der Waals surface area contributed by atoms with Crippen LogP contribution in [0.5, 0.6) is 0 Å². The number of hydrogen-bond acceptors (Lipinski definition) is 3. The van der Waals surface area contributed by atoms with E-state index in [-0.39, 0.29) is 17.4 Å². The molecule has 4 nitrogen and oxygen atoms in total. The van der Waals surface area contributed by atoms with Crippen molar-refractivity contribution in [2.75, 3.05) is 19.6 Å². The van der Waals surface area contributed by atoms with Gasteiger partial charge in [0.2, 0.25) is 10.0 Å². The summed E-state index contributed by atoms with van der Waals surface area (Å²) in [7, 11) is -3.46. The lowest BCUT2D eigenvalue weighted by Gasteiger charge is -2.22. The zero-order valence-electron chi connectivity index (χ0n) is 12.3. The normalized spacial score (nSPS) is 11.5. The van der Waals surface area contributed by atoms with E-state index in [4.69, 9.17) is 5.73 Å². The molecule has 1 aromatic carbocycles. The van der Waals surface area contributed by atoms with Crippen molar-refractivity contribution in [1.82, 2.24) is 4.31 Å². The van der Waals surface area contributed by atoms with Crippen molar-refractivity contribution in [2.24, 2.45) is 11.7 Å². The Kier molecular flexibility index (Phi) is 6.21. The first-order valence-corrected chi connectivity index (χ1v) is 8.15. The topological polar surface area (TPSA) is 63.4 Å². The number of hydrogen-bond donors (Lipinski definition) is 1. The van der Waals surface area contributed by atoms with Crippen molar-refractivity contribution in [2.45, 2.75) is 25.7 Å². The minimum atomic E-state index is -3.46. The molecule has 0 atom stereocenters. The van der Waals surface area contributed by atoms with Gasteiger partial charge in [-0.15, -0.1) is 0 Å². The third-order valence-corrected chi connectivity index (χ3v) is 4.66. The van der Waals surface area contributed by atoms with Crippen LogP contribution >= 0.6 is 0 Å². The second-order valence-corrected chi connectivity index (χ2v) is 6.82. The Balaban J connectivity index is 3.14. The van der Waals surface area contributed by atoms with Crippen molar-refractivity contribution in [3.05, 3.63) is 29.8 Å². The summed E-state index contributed by atoms with van der Waals surface area (Å²) in [5, 5.41) is 0. The van der Waals surface area contributed by atoms with Gasteiger partial charge in [-0.2, -0.15) is 4.31 Å². The van der Waals surface area contributed by atoms with Crippen LogP contribution in [-0.2, 0) is 10.0 Å². The van der Waals surface area contributed by atoms with E-state index in [1.54, 1.807) is 24.3 Å². The van der Waals surface area contributed by atoms with Gasteiger partial charge >= 0.3 is 0 Å². The molecule has 0 saturated heterocycles. The third-order valence-electron chi connectivity index (χ3n) is 2.73. The molecule has 0 aliphatic heterocycles. The molecule has 0 aliphatic rings. The van der Waals surface area contributed by atoms with Gasteiger partial charge in [0.05, 0.1) is 11.4 Å². The van der Waals surface area contributed by atoms with Crippen LogP contribution in [0.1, 0.15) is 26.3 Å². The standard InChI is InChI=1S/C15H22N2O2S/c1-4-17(12-13(2)3)20(18,19)15-9-5-7-14(11-15)8-6-10-16/h5,7,9,11,13H,4,10,12,16H2,1-3H3. The van der Waals surface area contributed by atoms with Gasteiger partial charge in [0.25, 0.3) is 0 Å². The van der Waals surface area contributed by atoms with E-state index >= 15 is 0 Å². The van der Waals surface area contributed by atoms with Gasteiger partial charge in [-0.05, 0) is 24.1 Å². The van der Waals surface area contributed by atoms with Gasteiger partial charge in [0, 0.05) is 18.7 Å². The maximum atomic E-state index is 12.6. The number of sulfonamides is 1. The Morgan fingerprint density at radius 1 is 1.35 bits per heavy atom. The molecule has 0 aromatic heterocycles. The zero-order chi connectivity index (χ0) is 15.2. The van der Waals surface area contributed by atoms with Gasteiger partial charge < -0.3 is 5.73 Å². The predicted molar refractivity (Wildman–Crippen MR) is 81.6 cm³/mol. The number of nitrogens with zero attached hydrogens (tertiary/aromatic N) is 1. The number of nitrogens with two attached hydrogens (primary N) is 1. The Bertz CT molecular complexity index is 598. The van der Waals surface area contributed by atoms with E-state index in [1.807, 2.05) is 20.8 Å². The minimum absolute atomic E-state index is 0.255. The summed E-state index contributed by atoms with van der Waals surface area (Å²) >= 11 is 0. The van der Waals surface area contributed by atoms with Crippen molar-refractivity contribution in [1.29, 1.82) is 0 Å². The summed E-state index contributed by atoms with van der Waals surface area (Å²) in [6, 6.07) is 6.68. The zero-order valence-corrected chi connectivity index (χ0v) is 13.1. The smallest absolute Gasteiger partial charge is 0.243 e. The summed E-state index contributed by atoms with van der Waals surface area (Å²) in [5.41, 5.74) is 5.99. The average molecular weight is 294 g/mol. The summed E-state index contributed by atoms with van der Waals surface area (Å²) < 4.78 is 26.6. The molecule has 0 saturated carbocycles. The molecule has 1 rings (SSSR count). The first-order valence-electron chi connectivity index (χ1n) is 6.71. The second-order valence-electron chi connectivity index (χ2n) is 4.88. The molecule has 0 fully saturated rings. The fourth-order valence-corrected chi connectivity index (χ4v) is 3.50. The largest absolute Gasteiger partial charge is 0.320 e. The molecular weight excluding hydrogens is 272 g/mol. The van der Waals surface area contributed by atoms with Gasteiger partial charge in [0.1, 0.15) is 0 Å². The highest BCUT2D eigenvalue weighted by Gasteiger charge is 2.23. The Morgan fingerprint density at radius 2 is 2.05 bits per heavy atom. The van der Waals surface area contributed by atoms with Crippen LogP contribution in [-0.4, -0.2) is 32.4 Å². The Morgan fingerprint density at radius 3 is 2.60 bits per heavy atom. The van der Waals surface area contributed by atoms with Crippen LogP contribution in [0.25, 0.3) is 0 Å². The van der Waals surface area contributed by atoms with E-state index in [0.717, 1.165) is 0 Å². The first-order chi connectivity index (χ1) is 9.41. The van der Waals surface area contributed by atoms with Gasteiger partial charge in [0.15, 0.2) is 0 Å². The Hall–Kier alpha value is -1.35. The van der Waals surface area contributed by atoms with Crippen molar-refractivity contribution >= 4 is 10.0 Å². The molecular formula is C15H22N2O2S. The average Bonchev–Trinajstić information content (AvgIpc) is 2.42. The number of rotatable bonds is 5. The molecule has 5 heteroatoms. The highest BCUT2D eigenvalue weighted by Crippen LogP contribution is 2.18. The maximum Gasteiger partial charge on any atom is 0.243 e. The second kappa shape index (κ2) is 7.44. The van der Waals surface area contributed by atoms with Crippen LogP contribution in [0, 0.1) is 17.8 Å². The van der Waals surface area contributed by atoms with Gasteiger partial charge in [-0.3, -0.25) is 0 Å². The van der Waals surface area contributed by atoms with Crippen LogP contribution < -0.4 is 5.73 Å². The van der Waals surface area contributed by atoms with Crippen LogP contribution in [0.15, 0.2) is 29.2 Å². The van der Waals surface area contributed by atoms with E-state index in [9.17, 15) is 8.42 Å². The lowest BCUT2D eigenvalue weighted by molar-refractivity contribution is 0.381. The van der Waals surface area contributed by atoms with E-state index < -0.39 is 10.0 Å². The molecule has 0 bridgehead atoms. The molecule has 0 aliphatic carbocycles. The molecule has 0 heterocycles. The number of benzene rings is 1. The molecule has 1 aromatic rings. The predicted octanol–water partition coefficient (Wildman–Crippen LogP) is 1.66. The summed E-state index contributed by atoms with van der Waals surface area (Å²) in [5.74, 6) is 5.87. The SMILES string of the molecule is CCN(CC(C)C)S(=O)(=O)c1cccc(C#CCN)c1. The summed E-state index contributed by atoms with van der Waals surface area (Å²) in [4.78, 5) is 0.281. The van der Waals surface area contributed by atoms with Crippen molar-refractivity contribution < 1.29 is 8.42 Å². The van der Waals surface area contributed by atoms with Crippen LogP contribution in [0.2, 0.25) is 0 Å². The van der Waals surface area contributed by atoms with E-state index in [0.29, 0.717) is 18.7 Å². The van der Waals surface area contributed by atoms with Crippen LogP contribution in [0.4, 0.5) is 0 Å². The summed E-state index contributed by atoms with van der Waals surface area (Å²) in [6.45, 7) is 7.07. The van der Waals surface area contributed by atoms with E-state index in [2.05, 4.69) is 11.8 Å². The monoisotopic (exact) mass is 294 g/mol. The maximum absolute atomic E-state index is 12.6. The van der Waals surface area contributed by atoms with Crippen LogP contribution in [0.3, 0.4) is 0 Å². The van der Waals surface area contributed by atoms with Crippen molar-refractivity contribution in [3.8, 4) is 11.8 Å². The minimum Gasteiger partial charge on any atom is -0.320 e. The molecule has 0 spiro atoms. The lowest BCUT2D eigenvalue weighted by Crippen LogP contribution is -2.34. The van der Waals surface area contributed by atoms with Crippen molar-refractivity contribution in [3.63, 3.8) is 0 Å². The molecule has 2 N–H and O–H groups in total. The fraction of sp³-hybridized carbons (Fsp3) is 0.467. The highest BCUT2D eigenvalue weighted by molar-refractivity contribution is 7.89. The highest BCUT2D eigenvalue weighted by atomic mass is 32.2. The fourth-order valence-electron chi connectivity index (χ4n) is 1.84. The molecule has 0 unspecified atom stereocenters. The molecule has 0 amide bonds. The van der Waals surface area contributed by atoms with Gasteiger partial charge in [-0.1, -0.05) is 38.7 Å². The lowest BCUT2D eigenvalue weighted by atomic mass is 10.2. The molecule has 20 heavy (non-hydrogen) atoms. The summed E-state index contributed by atoms with van der Waals surface area (Å²) in [6.07, 6.45) is 0. The molecule has 110 valence electrons. The van der Waals surface area contributed by atoms with E-state index in [1.165, 1.54) is 4.31 Å². The third kappa shape index (κ3) is 4.34.